The SMILES string of the molecule is O=C1C=C[C@@]2(O)CCO[C@H]2C1. The van der Waals surface area contributed by atoms with Gasteiger partial charge in [0.2, 0.25) is 0 Å². The molecule has 0 amide bonds. The van der Waals surface area contributed by atoms with Crippen LogP contribution in [0.3, 0.4) is 0 Å². The van der Waals surface area contributed by atoms with Gasteiger partial charge in [-0.15, -0.1) is 0 Å². The van der Waals surface area contributed by atoms with Crippen LogP contribution < -0.4 is 0 Å². The van der Waals surface area contributed by atoms with Gasteiger partial charge in [0.25, 0.3) is 0 Å². The number of fused-ring (bicyclic) bond motifs is 1. The third kappa shape index (κ3) is 1.01. The first-order valence-electron chi connectivity index (χ1n) is 3.77. The van der Waals surface area contributed by atoms with Crippen molar-refractivity contribution >= 4 is 5.78 Å². The van der Waals surface area contributed by atoms with Crippen LogP contribution in [0.15, 0.2) is 12.2 Å². The highest BCUT2D eigenvalue weighted by atomic mass is 16.5. The van der Waals surface area contributed by atoms with E-state index in [2.05, 4.69) is 0 Å². The van der Waals surface area contributed by atoms with E-state index >= 15 is 0 Å². The molecule has 3 heteroatoms. The number of carbonyl (C=O) groups is 1. The third-order valence-corrected chi connectivity index (χ3v) is 2.32. The molecule has 60 valence electrons. The van der Waals surface area contributed by atoms with Crippen molar-refractivity contribution in [2.45, 2.75) is 24.5 Å². The van der Waals surface area contributed by atoms with E-state index in [1.165, 1.54) is 6.08 Å². The molecule has 1 aliphatic carbocycles. The van der Waals surface area contributed by atoms with Gasteiger partial charge in [-0.05, 0) is 12.2 Å². The van der Waals surface area contributed by atoms with Crippen LogP contribution in [-0.4, -0.2) is 29.2 Å². The third-order valence-electron chi connectivity index (χ3n) is 2.32. The Morgan fingerprint density at radius 1 is 1.73 bits per heavy atom. The Morgan fingerprint density at radius 2 is 2.55 bits per heavy atom. The van der Waals surface area contributed by atoms with Crippen LogP contribution in [0.5, 0.6) is 0 Å². The molecule has 0 saturated carbocycles. The second kappa shape index (κ2) is 2.16. The van der Waals surface area contributed by atoms with Crippen molar-refractivity contribution in [1.29, 1.82) is 0 Å². The lowest BCUT2D eigenvalue weighted by atomic mass is 9.87. The number of rotatable bonds is 0. The van der Waals surface area contributed by atoms with Crippen molar-refractivity contribution in [3.63, 3.8) is 0 Å². The van der Waals surface area contributed by atoms with Crippen LogP contribution in [-0.2, 0) is 9.53 Å². The van der Waals surface area contributed by atoms with Crippen molar-refractivity contribution in [2.24, 2.45) is 0 Å². The van der Waals surface area contributed by atoms with Crippen molar-refractivity contribution < 1.29 is 14.6 Å². The molecule has 0 radical (unpaired) electrons. The highest BCUT2D eigenvalue weighted by Crippen LogP contribution is 2.32. The predicted molar refractivity (Wildman–Crippen MR) is 38.1 cm³/mol. The zero-order valence-electron chi connectivity index (χ0n) is 6.12. The molecule has 0 aromatic heterocycles. The summed E-state index contributed by atoms with van der Waals surface area (Å²) in [5.74, 6) is 0.0431. The summed E-state index contributed by atoms with van der Waals surface area (Å²) in [5, 5.41) is 9.76. The van der Waals surface area contributed by atoms with E-state index < -0.39 is 5.60 Å². The molecule has 0 unspecified atom stereocenters. The van der Waals surface area contributed by atoms with E-state index in [4.69, 9.17) is 4.74 Å². The minimum Gasteiger partial charge on any atom is -0.383 e. The first kappa shape index (κ1) is 7.00. The molecule has 1 N–H and O–H groups in total. The Hall–Kier alpha value is -0.670. The van der Waals surface area contributed by atoms with Gasteiger partial charge in [0, 0.05) is 12.8 Å². The van der Waals surface area contributed by atoms with Gasteiger partial charge in [0.15, 0.2) is 5.78 Å². The van der Waals surface area contributed by atoms with Crippen molar-refractivity contribution in [1.82, 2.24) is 0 Å². The molecule has 0 aromatic carbocycles. The summed E-state index contributed by atoms with van der Waals surface area (Å²) in [6, 6.07) is 0. The summed E-state index contributed by atoms with van der Waals surface area (Å²) in [4.78, 5) is 10.9. The van der Waals surface area contributed by atoms with E-state index in [1.807, 2.05) is 0 Å². The fourth-order valence-electron chi connectivity index (χ4n) is 1.58. The average Bonchev–Trinajstić information content (AvgIpc) is 2.31. The maximum atomic E-state index is 10.9. The Kier molecular flexibility index (Phi) is 1.37. The molecule has 1 fully saturated rings. The van der Waals surface area contributed by atoms with E-state index in [9.17, 15) is 9.90 Å². The molecule has 0 aromatic rings. The Labute approximate surface area is 64.7 Å². The average molecular weight is 154 g/mol. The van der Waals surface area contributed by atoms with Gasteiger partial charge in [0.1, 0.15) is 5.60 Å². The number of allylic oxidation sites excluding steroid dienone is 1. The van der Waals surface area contributed by atoms with Gasteiger partial charge in [-0.25, -0.2) is 0 Å². The normalized spacial score (nSPS) is 42.6. The summed E-state index contributed by atoms with van der Waals surface area (Å²) in [5.41, 5.74) is -0.853. The maximum Gasteiger partial charge on any atom is 0.158 e. The zero-order chi connectivity index (χ0) is 7.90. The number of ketones is 1. The molecule has 2 rings (SSSR count). The molecule has 0 bridgehead atoms. The Morgan fingerprint density at radius 3 is 3.36 bits per heavy atom. The summed E-state index contributed by atoms with van der Waals surface area (Å²) < 4.78 is 5.21. The number of carbonyl (C=O) groups excluding carboxylic acids is 1. The van der Waals surface area contributed by atoms with Crippen molar-refractivity contribution in [3.8, 4) is 0 Å². The standard InChI is InChI=1S/C8H10O3/c9-6-1-2-8(10)3-4-11-7(8)5-6/h1-2,7,10H,3-5H2/t7-,8+/m0/s1. The van der Waals surface area contributed by atoms with E-state index in [1.54, 1.807) is 6.08 Å². The van der Waals surface area contributed by atoms with Gasteiger partial charge in [-0.3, -0.25) is 4.79 Å². The molecule has 11 heavy (non-hydrogen) atoms. The lowest BCUT2D eigenvalue weighted by Crippen LogP contribution is -2.40. The summed E-state index contributed by atoms with van der Waals surface area (Å²) >= 11 is 0. The predicted octanol–water partition coefficient (Wildman–Crippen LogP) is 0.0354. The van der Waals surface area contributed by atoms with Crippen LogP contribution in [0, 0.1) is 0 Å². The first-order valence-corrected chi connectivity index (χ1v) is 3.77. The molecule has 0 spiro atoms. The van der Waals surface area contributed by atoms with Gasteiger partial charge < -0.3 is 9.84 Å². The topological polar surface area (TPSA) is 46.5 Å². The quantitative estimate of drug-likeness (QED) is 0.535. The minimum atomic E-state index is -0.853. The van der Waals surface area contributed by atoms with E-state index in [0.717, 1.165) is 0 Å². The summed E-state index contributed by atoms with van der Waals surface area (Å²) in [6.45, 7) is 0.554. The number of ether oxygens (including phenoxy) is 1. The highest BCUT2D eigenvalue weighted by Gasteiger charge is 2.43. The minimum absolute atomic E-state index is 0.0431. The molecular formula is C8H10O3. The van der Waals surface area contributed by atoms with Crippen LogP contribution in [0.25, 0.3) is 0 Å². The van der Waals surface area contributed by atoms with Crippen molar-refractivity contribution in [3.05, 3.63) is 12.2 Å². The maximum absolute atomic E-state index is 10.9. The molecule has 1 heterocycles. The number of hydrogen-bond donors (Lipinski definition) is 1. The monoisotopic (exact) mass is 154 g/mol. The fraction of sp³-hybridized carbons (Fsp3) is 0.625. The van der Waals surface area contributed by atoms with E-state index in [0.29, 0.717) is 19.4 Å². The molecule has 2 aliphatic rings. The first-order chi connectivity index (χ1) is 5.21. The second-order valence-corrected chi connectivity index (χ2v) is 3.10. The van der Waals surface area contributed by atoms with Crippen LogP contribution >= 0.6 is 0 Å². The van der Waals surface area contributed by atoms with E-state index in [-0.39, 0.29) is 11.9 Å². The lowest BCUT2D eigenvalue weighted by Gasteiger charge is -2.27. The smallest absolute Gasteiger partial charge is 0.158 e. The van der Waals surface area contributed by atoms with Gasteiger partial charge >= 0.3 is 0 Å². The Balaban J connectivity index is 2.28. The molecule has 2 atom stereocenters. The van der Waals surface area contributed by atoms with Gasteiger partial charge in [-0.1, -0.05) is 0 Å². The molecular weight excluding hydrogens is 144 g/mol. The Bertz CT molecular complexity index is 221. The molecule has 3 nitrogen and oxygen atoms in total. The highest BCUT2D eigenvalue weighted by molar-refractivity contribution is 5.91. The van der Waals surface area contributed by atoms with Crippen LogP contribution in [0.2, 0.25) is 0 Å². The largest absolute Gasteiger partial charge is 0.383 e. The van der Waals surface area contributed by atoms with Gasteiger partial charge in [0.05, 0.1) is 12.7 Å². The number of hydrogen-bond acceptors (Lipinski definition) is 3. The lowest BCUT2D eigenvalue weighted by molar-refractivity contribution is -0.120. The van der Waals surface area contributed by atoms with Gasteiger partial charge in [-0.2, -0.15) is 0 Å². The zero-order valence-corrected chi connectivity index (χ0v) is 6.12. The number of aliphatic hydroxyl groups is 1. The van der Waals surface area contributed by atoms with Crippen LogP contribution in [0.4, 0.5) is 0 Å². The second-order valence-electron chi connectivity index (χ2n) is 3.10. The summed E-state index contributed by atoms with van der Waals surface area (Å²) in [7, 11) is 0. The fourth-order valence-corrected chi connectivity index (χ4v) is 1.58. The van der Waals surface area contributed by atoms with Crippen molar-refractivity contribution in [2.75, 3.05) is 6.61 Å². The molecule has 1 aliphatic heterocycles. The van der Waals surface area contributed by atoms with Crippen LogP contribution in [0.1, 0.15) is 12.8 Å². The summed E-state index contributed by atoms with van der Waals surface area (Å²) in [6.07, 6.45) is 3.66. The molecule has 1 saturated heterocycles.